The van der Waals surface area contributed by atoms with Crippen LogP contribution in [0.1, 0.15) is 28.7 Å². The maximum atomic E-state index is 12.3. The summed E-state index contributed by atoms with van der Waals surface area (Å²) in [4.78, 5) is 0. The summed E-state index contributed by atoms with van der Waals surface area (Å²) in [5.41, 5.74) is 4.62. The van der Waals surface area contributed by atoms with Gasteiger partial charge < -0.3 is 0 Å². The Labute approximate surface area is 96.7 Å². The molecule has 0 saturated heterocycles. The van der Waals surface area contributed by atoms with Gasteiger partial charge in [-0.3, -0.25) is 0 Å². The van der Waals surface area contributed by atoms with E-state index in [1.54, 1.807) is 0 Å². The molecule has 0 atom stereocenters. The smallest absolute Gasteiger partial charge is 0.195 e. The Bertz CT molecular complexity index is 455. The van der Waals surface area contributed by atoms with E-state index in [2.05, 4.69) is 12.1 Å². The van der Waals surface area contributed by atoms with Crippen molar-refractivity contribution in [3.8, 4) is 0 Å². The molecule has 4 heteroatoms. The first-order chi connectivity index (χ1) is 7.29. The van der Waals surface area contributed by atoms with Gasteiger partial charge in [-0.15, -0.1) is 3.89 Å². The van der Waals surface area contributed by atoms with Crippen LogP contribution in [0.4, 0.5) is 3.89 Å². The number of halogens is 1. The molecule has 0 heterocycles. The lowest BCUT2D eigenvalue weighted by atomic mass is 9.96. The van der Waals surface area contributed by atoms with Gasteiger partial charge in [0.05, 0.1) is 5.75 Å². The van der Waals surface area contributed by atoms with Crippen molar-refractivity contribution in [1.29, 1.82) is 0 Å². The van der Waals surface area contributed by atoms with Gasteiger partial charge in [0.25, 0.3) is 0 Å². The number of rotatable bonds is 4. The largest absolute Gasteiger partial charge is 0.302 e. The van der Waals surface area contributed by atoms with Gasteiger partial charge in [-0.1, -0.05) is 17.7 Å². The minimum atomic E-state index is -4.33. The molecule has 0 bridgehead atoms. The summed E-state index contributed by atoms with van der Waals surface area (Å²) in [6, 6.07) is 4.12. The molecule has 0 saturated carbocycles. The monoisotopic (exact) mass is 244 g/mol. The molecule has 0 aliphatic rings. The molecule has 0 aliphatic carbocycles. The Morgan fingerprint density at radius 1 is 1.12 bits per heavy atom. The molecule has 1 aromatic rings. The highest BCUT2D eigenvalue weighted by atomic mass is 32.3. The van der Waals surface area contributed by atoms with Crippen LogP contribution in [0.5, 0.6) is 0 Å². The van der Waals surface area contributed by atoms with Crippen molar-refractivity contribution in [3.63, 3.8) is 0 Å². The highest BCUT2D eigenvalue weighted by Crippen LogP contribution is 2.18. The molecule has 1 aromatic carbocycles. The number of benzene rings is 1. The standard InChI is InChI=1S/C12H17FO2S/c1-9-7-10(2)12(11(3)8-9)5-4-6-16(13,14)15/h7-8H,4-6H2,1-3H3. The zero-order valence-corrected chi connectivity index (χ0v) is 10.7. The highest BCUT2D eigenvalue weighted by Gasteiger charge is 2.09. The van der Waals surface area contributed by atoms with E-state index in [0.717, 1.165) is 16.7 Å². The first-order valence-corrected chi connectivity index (χ1v) is 6.84. The van der Waals surface area contributed by atoms with Crippen LogP contribution >= 0.6 is 0 Å². The molecular weight excluding hydrogens is 227 g/mol. The first kappa shape index (κ1) is 13.2. The lowest BCUT2D eigenvalue weighted by Crippen LogP contribution is -2.02. The molecule has 0 aromatic heterocycles. The van der Waals surface area contributed by atoms with E-state index >= 15 is 0 Å². The SMILES string of the molecule is Cc1cc(C)c(CCCS(=O)(=O)F)c(C)c1. The van der Waals surface area contributed by atoms with Crippen molar-refractivity contribution in [2.24, 2.45) is 0 Å². The van der Waals surface area contributed by atoms with E-state index < -0.39 is 10.2 Å². The lowest BCUT2D eigenvalue weighted by molar-refractivity contribution is 0.549. The molecule has 16 heavy (non-hydrogen) atoms. The molecule has 1 rings (SSSR count). The van der Waals surface area contributed by atoms with Crippen molar-refractivity contribution < 1.29 is 12.3 Å². The molecule has 0 spiro atoms. The maximum absolute atomic E-state index is 12.3. The normalized spacial score (nSPS) is 11.8. The highest BCUT2D eigenvalue weighted by molar-refractivity contribution is 7.86. The van der Waals surface area contributed by atoms with Crippen LogP contribution in [0, 0.1) is 20.8 Å². The van der Waals surface area contributed by atoms with E-state index in [1.165, 1.54) is 5.56 Å². The second-order valence-corrected chi connectivity index (χ2v) is 5.71. The fourth-order valence-electron chi connectivity index (χ4n) is 2.03. The van der Waals surface area contributed by atoms with Crippen molar-refractivity contribution in [1.82, 2.24) is 0 Å². The average Bonchev–Trinajstić information content (AvgIpc) is 2.07. The summed E-state index contributed by atoms with van der Waals surface area (Å²) in [5.74, 6) is -0.389. The molecular formula is C12H17FO2S. The fraction of sp³-hybridized carbons (Fsp3) is 0.500. The Balaban J connectivity index is 2.75. The van der Waals surface area contributed by atoms with E-state index in [-0.39, 0.29) is 5.75 Å². The van der Waals surface area contributed by atoms with Crippen LogP contribution < -0.4 is 0 Å². The summed E-state index contributed by atoms with van der Waals surface area (Å²) in [6.45, 7) is 6.02. The zero-order chi connectivity index (χ0) is 12.3. The average molecular weight is 244 g/mol. The first-order valence-electron chi connectivity index (χ1n) is 5.28. The summed E-state index contributed by atoms with van der Waals surface area (Å²) in [7, 11) is -4.33. The van der Waals surface area contributed by atoms with Gasteiger partial charge in [-0.05, 0) is 50.3 Å². The van der Waals surface area contributed by atoms with Crippen LogP contribution in [-0.2, 0) is 16.6 Å². The molecule has 0 radical (unpaired) electrons. The van der Waals surface area contributed by atoms with Gasteiger partial charge in [0.2, 0.25) is 0 Å². The molecule has 0 fully saturated rings. The zero-order valence-electron chi connectivity index (χ0n) is 9.88. The summed E-state index contributed by atoms with van der Waals surface area (Å²) in [5, 5.41) is 0. The second kappa shape index (κ2) is 4.95. The number of aryl methyl sites for hydroxylation is 3. The molecule has 90 valence electrons. The summed E-state index contributed by atoms with van der Waals surface area (Å²) < 4.78 is 33.1. The molecule has 0 unspecified atom stereocenters. The van der Waals surface area contributed by atoms with Gasteiger partial charge in [0, 0.05) is 0 Å². The summed E-state index contributed by atoms with van der Waals surface area (Å²) in [6.07, 6.45) is 0.949. The molecule has 0 amide bonds. The Morgan fingerprint density at radius 3 is 2.06 bits per heavy atom. The number of hydrogen-bond acceptors (Lipinski definition) is 2. The van der Waals surface area contributed by atoms with Crippen molar-refractivity contribution in [3.05, 3.63) is 34.4 Å². The quantitative estimate of drug-likeness (QED) is 0.763. The van der Waals surface area contributed by atoms with Crippen LogP contribution in [0.15, 0.2) is 12.1 Å². The minimum absolute atomic E-state index is 0.337. The van der Waals surface area contributed by atoms with E-state index in [9.17, 15) is 12.3 Å². The van der Waals surface area contributed by atoms with Gasteiger partial charge in [-0.2, -0.15) is 8.42 Å². The maximum Gasteiger partial charge on any atom is 0.302 e. The Morgan fingerprint density at radius 2 is 1.62 bits per heavy atom. The Kier molecular flexibility index (Phi) is 4.08. The van der Waals surface area contributed by atoms with Gasteiger partial charge in [0.15, 0.2) is 0 Å². The Hall–Kier alpha value is -0.900. The second-order valence-electron chi connectivity index (χ2n) is 4.22. The van der Waals surface area contributed by atoms with Gasteiger partial charge in [-0.25, -0.2) is 0 Å². The predicted octanol–water partition coefficient (Wildman–Crippen LogP) is 2.84. The molecule has 0 N–H and O–H groups in total. The van der Waals surface area contributed by atoms with Gasteiger partial charge in [0.1, 0.15) is 0 Å². The molecule has 2 nitrogen and oxygen atoms in total. The van der Waals surface area contributed by atoms with Crippen LogP contribution in [0.25, 0.3) is 0 Å². The predicted molar refractivity (Wildman–Crippen MR) is 63.9 cm³/mol. The van der Waals surface area contributed by atoms with E-state index in [4.69, 9.17) is 0 Å². The van der Waals surface area contributed by atoms with E-state index in [0.29, 0.717) is 12.8 Å². The molecule has 0 aliphatic heterocycles. The third-order valence-electron chi connectivity index (χ3n) is 2.66. The summed E-state index contributed by atoms with van der Waals surface area (Å²) >= 11 is 0. The van der Waals surface area contributed by atoms with Crippen molar-refractivity contribution in [2.45, 2.75) is 33.6 Å². The topological polar surface area (TPSA) is 34.1 Å². The van der Waals surface area contributed by atoms with Crippen LogP contribution in [0.3, 0.4) is 0 Å². The van der Waals surface area contributed by atoms with Gasteiger partial charge >= 0.3 is 10.2 Å². The van der Waals surface area contributed by atoms with Crippen molar-refractivity contribution >= 4 is 10.2 Å². The van der Waals surface area contributed by atoms with E-state index in [1.807, 2.05) is 20.8 Å². The fourth-order valence-corrected chi connectivity index (χ4v) is 2.51. The van der Waals surface area contributed by atoms with Crippen LogP contribution in [-0.4, -0.2) is 14.2 Å². The van der Waals surface area contributed by atoms with Crippen molar-refractivity contribution in [2.75, 3.05) is 5.75 Å². The third kappa shape index (κ3) is 3.93. The third-order valence-corrected chi connectivity index (χ3v) is 3.43. The minimum Gasteiger partial charge on any atom is -0.195 e. The van der Waals surface area contributed by atoms with Crippen LogP contribution in [0.2, 0.25) is 0 Å². The number of hydrogen-bond donors (Lipinski definition) is 0. The lowest BCUT2D eigenvalue weighted by Gasteiger charge is -2.10.